The second-order valence-electron chi connectivity index (χ2n) is 4.24. The highest BCUT2D eigenvalue weighted by molar-refractivity contribution is 7.99. The molecule has 1 N–H and O–H groups in total. The molecule has 0 bridgehead atoms. The van der Waals surface area contributed by atoms with Crippen LogP contribution in [0.25, 0.3) is 0 Å². The lowest BCUT2D eigenvalue weighted by atomic mass is 10.2. The number of aromatic nitrogens is 3. The van der Waals surface area contributed by atoms with Gasteiger partial charge in [0, 0.05) is 19.5 Å². The van der Waals surface area contributed by atoms with E-state index in [0.29, 0.717) is 12.3 Å². The highest BCUT2D eigenvalue weighted by Gasteiger charge is 2.15. The lowest BCUT2D eigenvalue weighted by molar-refractivity contribution is -0.118. The maximum Gasteiger partial charge on any atom is 0.230 e. The van der Waals surface area contributed by atoms with E-state index in [-0.39, 0.29) is 5.91 Å². The van der Waals surface area contributed by atoms with Crippen LogP contribution in [0.5, 0.6) is 0 Å². The molecule has 18 heavy (non-hydrogen) atoms. The summed E-state index contributed by atoms with van der Waals surface area (Å²) >= 11 is 1.45. The van der Waals surface area contributed by atoms with Crippen LogP contribution in [0.2, 0.25) is 0 Å². The number of carbonyl (C=O) groups excluding carboxylic acids is 1. The molecule has 2 heterocycles. The molecule has 1 amide bonds. The van der Waals surface area contributed by atoms with Crippen molar-refractivity contribution in [2.45, 2.75) is 37.4 Å². The van der Waals surface area contributed by atoms with Crippen LogP contribution >= 0.6 is 11.8 Å². The summed E-state index contributed by atoms with van der Waals surface area (Å²) in [6, 6.07) is 0. The number of fused-ring (bicyclic) bond motifs is 1. The third-order valence-corrected chi connectivity index (χ3v) is 3.82. The molecule has 1 aliphatic rings. The normalized spacial score (nSPS) is 14.7. The molecule has 1 aromatic heterocycles. The predicted octanol–water partition coefficient (Wildman–Crippen LogP) is 1.40. The van der Waals surface area contributed by atoms with Crippen LogP contribution in [0, 0.1) is 0 Å². The van der Waals surface area contributed by atoms with Crippen LogP contribution in [0.4, 0.5) is 0 Å². The Balaban J connectivity index is 1.91. The van der Waals surface area contributed by atoms with Gasteiger partial charge in [-0.15, -0.1) is 16.8 Å². The van der Waals surface area contributed by atoms with Crippen LogP contribution in [0.3, 0.4) is 0 Å². The summed E-state index contributed by atoms with van der Waals surface area (Å²) < 4.78 is 2.15. The third-order valence-electron chi connectivity index (χ3n) is 2.85. The first kappa shape index (κ1) is 13.1. The largest absolute Gasteiger partial charge is 0.352 e. The Morgan fingerprint density at radius 3 is 3.17 bits per heavy atom. The van der Waals surface area contributed by atoms with Gasteiger partial charge in [-0.2, -0.15) is 0 Å². The number of thioether (sulfide) groups is 1. The van der Waals surface area contributed by atoms with Gasteiger partial charge in [-0.1, -0.05) is 24.3 Å². The molecule has 5 nitrogen and oxygen atoms in total. The Kier molecular flexibility index (Phi) is 4.81. The number of nitrogens with zero attached hydrogens (tertiary/aromatic N) is 3. The lowest BCUT2D eigenvalue weighted by Gasteiger charge is -2.06. The Hall–Kier alpha value is -1.30. The third kappa shape index (κ3) is 3.35. The van der Waals surface area contributed by atoms with Crippen LogP contribution in [-0.4, -0.2) is 33.0 Å². The summed E-state index contributed by atoms with van der Waals surface area (Å²) in [5, 5.41) is 12.0. The van der Waals surface area contributed by atoms with E-state index in [2.05, 4.69) is 26.7 Å². The quantitative estimate of drug-likeness (QED) is 0.646. The Labute approximate surface area is 111 Å². The average molecular weight is 266 g/mol. The van der Waals surface area contributed by atoms with Crippen LogP contribution in [0.15, 0.2) is 17.8 Å². The maximum atomic E-state index is 11.5. The highest BCUT2D eigenvalue weighted by atomic mass is 32.2. The summed E-state index contributed by atoms with van der Waals surface area (Å²) in [6.45, 7) is 5.05. The van der Waals surface area contributed by atoms with Gasteiger partial charge in [-0.25, -0.2) is 0 Å². The van der Waals surface area contributed by atoms with Gasteiger partial charge >= 0.3 is 0 Å². The van der Waals surface area contributed by atoms with Gasteiger partial charge in [0.15, 0.2) is 5.16 Å². The van der Waals surface area contributed by atoms with Crippen molar-refractivity contribution in [2.24, 2.45) is 0 Å². The minimum absolute atomic E-state index is 0.00544. The first-order valence-electron chi connectivity index (χ1n) is 6.23. The number of carbonyl (C=O) groups is 1. The van der Waals surface area contributed by atoms with Crippen LogP contribution in [-0.2, 0) is 17.8 Å². The standard InChI is InChI=1S/C12H18N4OS/c1-2-7-13-11(17)9-18-12-15-14-10-6-4-3-5-8-16(10)12/h2H,1,3-9H2,(H,13,17). The molecule has 98 valence electrons. The van der Waals surface area contributed by atoms with E-state index in [0.717, 1.165) is 23.9 Å². The lowest BCUT2D eigenvalue weighted by Crippen LogP contribution is -2.25. The van der Waals surface area contributed by atoms with Crippen molar-refractivity contribution in [3.05, 3.63) is 18.5 Å². The first-order valence-corrected chi connectivity index (χ1v) is 7.22. The molecule has 1 aliphatic heterocycles. The zero-order chi connectivity index (χ0) is 12.8. The second-order valence-corrected chi connectivity index (χ2v) is 5.19. The number of amides is 1. The Morgan fingerprint density at radius 2 is 2.33 bits per heavy atom. The molecular weight excluding hydrogens is 248 g/mol. The fourth-order valence-corrected chi connectivity index (χ4v) is 2.75. The van der Waals surface area contributed by atoms with Gasteiger partial charge in [0.2, 0.25) is 5.91 Å². The van der Waals surface area contributed by atoms with Gasteiger partial charge in [0.25, 0.3) is 0 Å². The van der Waals surface area contributed by atoms with Crippen molar-refractivity contribution < 1.29 is 4.79 Å². The predicted molar refractivity (Wildman–Crippen MR) is 71.5 cm³/mol. The molecule has 2 rings (SSSR count). The van der Waals surface area contributed by atoms with E-state index in [1.807, 2.05) is 0 Å². The first-order chi connectivity index (χ1) is 8.81. The van der Waals surface area contributed by atoms with Crippen molar-refractivity contribution in [1.29, 1.82) is 0 Å². The zero-order valence-corrected chi connectivity index (χ0v) is 11.2. The molecule has 0 spiro atoms. The minimum Gasteiger partial charge on any atom is -0.352 e. The average Bonchev–Trinajstić information content (AvgIpc) is 2.61. The fourth-order valence-electron chi connectivity index (χ4n) is 1.93. The van der Waals surface area contributed by atoms with E-state index in [4.69, 9.17) is 0 Å². The van der Waals surface area contributed by atoms with E-state index in [1.165, 1.54) is 31.0 Å². The van der Waals surface area contributed by atoms with Crippen molar-refractivity contribution in [3.63, 3.8) is 0 Å². The summed E-state index contributed by atoms with van der Waals surface area (Å²) in [5.74, 6) is 1.44. The topological polar surface area (TPSA) is 59.8 Å². The molecule has 0 atom stereocenters. The van der Waals surface area contributed by atoms with Crippen LogP contribution < -0.4 is 5.32 Å². The second kappa shape index (κ2) is 6.58. The zero-order valence-electron chi connectivity index (χ0n) is 10.4. The molecule has 1 aromatic rings. The Bertz CT molecular complexity index is 430. The molecule has 0 radical (unpaired) electrons. The summed E-state index contributed by atoms with van der Waals surface area (Å²) in [4.78, 5) is 11.5. The molecular formula is C12H18N4OS. The number of hydrogen-bond donors (Lipinski definition) is 1. The summed E-state index contributed by atoms with van der Waals surface area (Å²) in [5.41, 5.74) is 0. The van der Waals surface area contributed by atoms with Gasteiger partial charge in [-0.05, 0) is 12.8 Å². The van der Waals surface area contributed by atoms with Crippen molar-refractivity contribution >= 4 is 17.7 Å². The van der Waals surface area contributed by atoms with Gasteiger partial charge in [0.05, 0.1) is 5.75 Å². The molecule has 6 heteroatoms. The molecule has 0 aliphatic carbocycles. The number of rotatable bonds is 5. The molecule has 0 aromatic carbocycles. The highest BCUT2D eigenvalue weighted by Crippen LogP contribution is 2.21. The number of aryl methyl sites for hydroxylation is 1. The van der Waals surface area contributed by atoms with Gasteiger partial charge in [0.1, 0.15) is 5.82 Å². The van der Waals surface area contributed by atoms with Gasteiger partial charge < -0.3 is 9.88 Å². The SMILES string of the molecule is C=CCNC(=O)CSc1nnc2n1CCCCC2. The van der Waals surface area contributed by atoms with Crippen LogP contribution in [0.1, 0.15) is 25.1 Å². The molecule has 0 saturated heterocycles. The monoisotopic (exact) mass is 266 g/mol. The summed E-state index contributed by atoms with van der Waals surface area (Å²) in [7, 11) is 0. The van der Waals surface area contributed by atoms with E-state index >= 15 is 0 Å². The fraction of sp³-hybridized carbons (Fsp3) is 0.583. The minimum atomic E-state index is 0.00544. The van der Waals surface area contributed by atoms with E-state index in [1.54, 1.807) is 6.08 Å². The molecule has 0 unspecified atom stereocenters. The maximum absolute atomic E-state index is 11.5. The smallest absolute Gasteiger partial charge is 0.230 e. The van der Waals surface area contributed by atoms with Gasteiger partial charge in [-0.3, -0.25) is 4.79 Å². The number of hydrogen-bond acceptors (Lipinski definition) is 4. The van der Waals surface area contributed by atoms with Crippen molar-refractivity contribution in [3.8, 4) is 0 Å². The molecule has 0 saturated carbocycles. The van der Waals surface area contributed by atoms with E-state index in [9.17, 15) is 4.79 Å². The van der Waals surface area contributed by atoms with Crippen molar-refractivity contribution in [2.75, 3.05) is 12.3 Å². The van der Waals surface area contributed by atoms with E-state index < -0.39 is 0 Å². The molecule has 0 fully saturated rings. The van der Waals surface area contributed by atoms with Crippen molar-refractivity contribution in [1.82, 2.24) is 20.1 Å². The number of nitrogens with one attached hydrogen (secondary N) is 1. The Morgan fingerprint density at radius 1 is 1.44 bits per heavy atom. The summed E-state index contributed by atoms with van der Waals surface area (Å²) in [6.07, 6.45) is 6.26.